The van der Waals surface area contributed by atoms with Gasteiger partial charge in [-0.3, -0.25) is 0 Å². The third kappa shape index (κ3) is 32.2. The van der Waals surface area contributed by atoms with Gasteiger partial charge in [0.25, 0.3) is 0 Å². The molecule has 0 spiro atoms. The summed E-state index contributed by atoms with van der Waals surface area (Å²) in [5.41, 5.74) is 0. The average molecular weight is 671 g/mol. The molecule has 0 rings (SSSR count). The van der Waals surface area contributed by atoms with Crippen LogP contribution < -0.4 is 0 Å². The van der Waals surface area contributed by atoms with E-state index in [1.165, 1.54) is 89.9 Å². The molecule has 47 heavy (non-hydrogen) atoms. The van der Waals surface area contributed by atoms with Crippen LogP contribution in [0.2, 0.25) is 0 Å². The Morgan fingerprint density at radius 1 is 0.383 bits per heavy atom. The van der Waals surface area contributed by atoms with E-state index < -0.39 is 0 Å². The number of ether oxygens (including phenoxy) is 7. The number of hydrogen-bond donors (Lipinski definition) is 0. The molecule has 0 aliphatic carbocycles. The molecule has 0 heterocycles. The van der Waals surface area contributed by atoms with Gasteiger partial charge < -0.3 is 33.2 Å². The van der Waals surface area contributed by atoms with Crippen molar-refractivity contribution in [3.8, 4) is 0 Å². The van der Waals surface area contributed by atoms with Gasteiger partial charge in [0.1, 0.15) is 0 Å². The summed E-state index contributed by atoms with van der Waals surface area (Å²) in [5, 5.41) is 0. The Kier molecular flexibility index (Phi) is 37.4. The normalized spacial score (nSPS) is 13.6. The first-order valence-corrected chi connectivity index (χ1v) is 19.8. The van der Waals surface area contributed by atoms with E-state index in [9.17, 15) is 0 Å². The molecule has 0 aromatic heterocycles. The zero-order chi connectivity index (χ0) is 34.5. The lowest BCUT2D eigenvalue weighted by Gasteiger charge is -2.21. The molecule has 2 atom stereocenters. The van der Waals surface area contributed by atoms with Crippen LogP contribution in [0.15, 0.2) is 24.3 Å². The lowest BCUT2D eigenvalue weighted by Crippen LogP contribution is -2.25. The van der Waals surface area contributed by atoms with Gasteiger partial charge in [-0.1, -0.05) is 90.2 Å². The SMILES string of the molecule is CCCOC(C=CCCCCCCCCCC(OCC)OCC)OC(C=CCCCCCCCCCC(OCC)OCC)OCCC. The Morgan fingerprint density at radius 3 is 1.02 bits per heavy atom. The quantitative estimate of drug-likeness (QED) is 0.0368. The number of unbranched alkanes of at least 4 members (excludes halogenated alkanes) is 14. The maximum Gasteiger partial charge on any atom is 0.180 e. The Bertz CT molecular complexity index is 590. The van der Waals surface area contributed by atoms with Crippen LogP contribution in [0, 0.1) is 0 Å². The third-order valence-electron chi connectivity index (χ3n) is 7.86. The van der Waals surface area contributed by atoms with Gasteiger partial charge in [-0.15, -0.1) is 0 Å². The lowest BCUT2D eigenvalue weighted by atomic mass is 10.1. The fourth-order valence-corrected chi connectivity index (χ4v) is 5.38. The standard InChI is InChI=1S/C40H78O7/c1-7-35-45-39(33-29-25-21-17-13-15-19-23-27-31-37(41-9-3)42-10-4)47-40(46-36-8-2)34-30-26-22-18-14-16-20-24-28-32-38(43-11-5)44-12-6/h29-30,33-34,37-40H,7-28,31-32,35-36H2,1-6H3. The van der Waals surface area contributed by atoms with Crippen molar-refractivity contribution in [1.82, 2.24) is 0 Å². The van der Waals surface area contributed by atoms with Gasteiger partial charge in [0.2, 0.25) is 0 Å². The first kappa shape index (κ1) is 46.2. The van der Waals surface area contributed by atoms with Crippen molar-refractivity contribution in [3.05, 3.63) is 24.3 Å². The Balaban J connectivity index is 4.24. The van der Waals surface area contributed by atoms with E-state index in [1.54, 1.807) is 0 Å². The van der Waals surface area contributed by atoms with Crippen LogP contribution in [-0.4, -0.2) is 64.8 Å². The van der Waals surface area contributed by atoms with Gasteiger partial charge in [0.05, 0.1) is 0 Å². The largest absolute Gasteiger partial charge is 0.353 e. The molecule has 0 aliphatic heterocycles. The van der Waals surface area contributed by atoms with Crippen molar-refractivity contribution >= 4 is 0 Å². The van der Waals surface area contributed by atoms with Gasteiger partial charge in [-0.2, -0.15) is 0 Å². The third-order valence-corrected chi connectivity index (χ3v) is 7.86. The highest BCUT2D eigenvalue weighted by Crippen LogP contribution is 2.15. The maximum absolute atomic E-state index is 6.26. The molecule has 2 unspecified atom stereocenters. The van der Waals surface area contributed by atoms with E-state index in [0.29, 0.717) is 13.2 Å². The summed E-state index contributed by atoms with van der Waals surface area (Å²) in [6, 6.07) is 0. The first-order chi connectivity index (χ1) is 23.1. The predicted octanol–water partition coefficient (Wildman–Crippen LogP) is 11.4. The summed E-state index contributed by atoms with van der Waals surface area (Å²) in [6.45, 7) is 16.6. The van der Waals surface area contributed by atoms with E-state index in [1.807, 2.05) is 27.7 Å². The van der Waals surface area contributed by atoms with Crippen LogP contribution in [0.1, 0.15) is 170 Å². The van der Waals surface area contributed by atoms with Gasteiger partial charge in [-0.25, -0.2) is 0 Å². The van der Waals surface area contributed by atoms with Crippen molar-refractivity contribution < 1.29 is 33.2 Å². The smallest absolute Gasteiger partial charge is 0.180 e. The zero-order valence-corrected chi connectivity index (χ0v) is 31.9. The second-order valence-electron chi connectivity index (χ2n) is 12.3. The van der Waals surface area contributed by atoms with Crippen molar-refractivity contribution in [2.45, 2.75) is 195 Å². The molecule has 0 saturated heterocycles. The topological polar surface area (TPSA) is 64.6 Å². The molecular formula is C40H78O7. The van der Waals surface area contributed by atoms with Crippen LogP contribution in [0.5, 0.6) is 0 Å². The molecule has 0 bridgehead atoms. The average Bonchev–Trinajstić information content (AvgIpc) is 3.07. The Morgan fingerprint density at radius 2 is 0.702 bits per heavy atom. The maximum atomic E-state index is 6.26. The predicted molar refractivity (Wildman–Crippen MR) is 197 cm³/mol. The number of hydrogen-bond acceptors (Lipinski definition) is 7. The summed E-state index contributed by atoms with van der Waals surface area (Å²) in [7, 11) is 0. The van der Waals surface area contributed by atoms with Crippen LogP contribution in [0.3, 0.4) is 0 Å². The van der Waals surface area contributed by atoms with Crippen LogP contribution in [0.25, 0.3) is 0 Å². The molecule has 0 aromatic carbocycles. The van der Waals surface area contributed by atoms with Crippen LogP contribution in [0.4, 0.5) is 0 Å². The van der Waals surface area contributed by atoms with Gasteiger partial charge in [0.15, 0.2) is 25.2 Å². The molecule has 0 saturated carbocycles. The molecule has 0 amide bonds. The highest BCUT2D eigenvalue weighted by molar-refractivity contribution is 4.89. The van der Waals surface area contributed by atoms with Gasteiger partial charge in [0, 0.05) is 39.6 Å². The van der Waals surface area contributed by atoms with E-state index in [0.717, 1.165) is 65.0 Å². The molecule has 0 N–H and O–H groups in total. The number of allylic oxidation sites excluding steroid dienone is 2. The zero-order valence-electron chi connectivity index (χ0n) is 31.9. The second-order valence-corrected chi connectivity index (χ2v) is 12.3. The fourth-order valence-electron chi connectivity index (χ4n) is 5.38. The lowest BCUT2D eigenvalue weighted by molar-refractivity contribution is -0.207. The van der Waals surface area contributed by atoms with Crippen LogP contribution in [-0.2, 0) is 33.2 Å². The molecule has 0 aliphatic rings. The van der Waals surface area contributed by atoms with Crippen molar-refractivity contribution in [1.29, 1.82) is 0 Å². The monoisotopic (exact) mass is 671 g/mol. The highest BCUT2D eigenvalue weighted by Gasteiger charge is 2.13. The molecule has 0 fully saturated rings. The molecule has 7 nitrogen and oxygen atoms in total. The highest BCUT2D eigenvalue weighted by atomic mass is 16.8. The molecule has 280 valence electrons. The van der Waals surface area contributed by atoms with Gasteiger partial charge >= 0.3 is 0 Å². The second kappa shape index (κ2) is 38.0. The van der Waals surface area contributed by atoms with Gasteiger partial charge in [-0.05, 0) is 104 Å². The summed E-state index contributed by atoms with van der Waals surface area (Å²) in [6.07, 6.45) is 31.4. The minimum atomic E-state index is -0.379. The number of rotatable bonds is 38. The van der Waals surface area contributed by atoms with Crippen molar-refractivity contribution in [2.75, 3.05) is 39.6 Å². The first-order valence-electron chi connectivity index (χ1n) is 19.8. The van der Waals surface area contributed by atoms with E-state index in [4.69, 9.17) is 33.2 Å². The molecule has 0 aromatic rings. The minimum absolute atomic E-state index is 0.0249. The summed E-state index contributed by atoms with van der Waals surface area (Å²) in [4.78, 5) is 0. The van der Waals surface area contributed by atoms with Crippen molar-refractivity contribution in [3.63, 3.8) is 0 Å². The fraction of sp³-hybridized carbons (Fsp3) is 0.900. The molecule has 7 heteroatoms. The van der Waals surface area contributed by atoms with E-state index >= 15 is 0 Å². The van der Waals surface area contributed by atoms with Crippen LogP contribution >= 0.6 is 0 Å². The summed E-state index contributed by atoms with van der Waals surface area (Å²) >= 11 is 0. The molecular weight excluding hydrogens is 592 g/mol. The summed E-state index contributed by atoms with van der Waals surface area (Å²) in [5.74, 6) is 0. The Hall–Kier alpha value is -0.800. The Labute approximate surface area is 291 Å². The minimum Gasteiger partial charge on any atom is -0.353 e. The molecule has 0 radical (unpaired) electrons. The van der Waals surface area contributed by atoms with E-state index in [2.05, 4.69) is 38.2 Å². The summed E-state index contributed by atoms with van der Waals surface area (Å²) < 4.78 is 40.8. The van der Waals surface area contributed by atoms with Crippen molar-refractivity contribution in [2.24, 2.45) is 0 Å². The van der Waals surface area contributed by atoms with E-state index in [-0.39, 0.29) is 25.2 Å².